The maximum Gasteiger partial charge on any atom is 0.191 e. The summed E-state index contributed by atoms with van der Waals surface area (Å²) in [6.45, 7) is 9.85. The van der Waals surface area contributed by atoms with Gasteiger partial charge < -0.3 is 15.7 Å². The summed E-state index contributed by atoms with van der Waals surface area (Å²) in [5.74, 6) is 0.716. The number of aryl methyl sites for hydroxylation is 2. The quantitative estimate of drug-likeness (QED) is 0.339. The molecule has 2 aromatic rings. The van der Waals surface area contributed by atoms with Crippen molar-refractivity contribution < 1.29 is 5.11 Å². The first kappa shape index (κ1) is 21.9. The van der Waals surface area contributed by atoms with Crippen molar-refractivity contribution in [2.75, 3.05) is 13.1 Å². The Hall–Kier alpha value is -1.12. The van der Waals surface area contributed by atoms with Crippen molar-refractivity contribution in [2.24, 2.45) is 4.99 Å². The van der Waals surface area contributed by atoms with E-state index in [1.807, 2.05) is 30.7 Å². The van der Waals surface area contributed by atoms with Gasteiger partial charge in [-0.1, -0.05) is 23.8 Å². The van der Waals surface area contributed by atoms with E-state index in [1.165, 1.54) is 16.7 Å². The van der Waals surface area contributed by atoms with Crippen LogP contribution in [-0.2, 0) is 12.1 Å². The molecule has 0 amide bonds. The Morgan fingerprint density at radius 1 is 1.24 bits per heavy atom. The van der Waals surface area contributed by atoms with Gasteiger partial charge in [-0.2, -0.15) is 11.3 Å². The minimum Gasteiger partial charge on any atom is -0.384 e. The lowest BCUT2D eigenvalue weighted by Gasteiger charge is -2.24. The Morgan fingerprint density at radius 2 is 2.00 bits per heavy atom. The Balaban J connectivity index is 0.00000312. The number of halogens is 1. The number of benzene rings is 1. The summed E-state index contributed by atoms with van der Waals surface area (Å²) in [5, 5.41) is 21.0. The van der Waals surface area contributed by atoms with Crippen molar-refractivity contribution in [1.29, 1.82) is 0 Å². The first-order chi connectivity index (χ1) is 11.4. The van der Waals surface area contributed by atoms with E-state index in [9.17, 15) is 5.11 Å². The van der Waals surface area contributed by atoms with Gasteiger partial charge in [0.1, 0.15) is 5.60 Å². The third kappa shape index (κ3) is 6.60. The number of guanidine groups is 1. The molecular formula is C19H28IN3OS. The maximum atomic E-state index is 10.6. The summed E-state index contributed by atoms with van der Waals surface area (Å²) in [4.78, 5) is 4.64. The fraction of sp³-hybridized carbons (Fsp3) is 0.421. The summed E-state index contributed by atoms with van der Waals surface area (Å²) in [6, 6.07) is 8.36. The number of thiophene rings is 1. The van der Waals surface area contributed by atoms with Crippen LogP contribution in [0, 0.1) is 13.8 Å². The molecule has 0 aliphatic heterocycles. The van der Waals surface area contributed by atoms with Crippen LogP contribution < -0.4 is 10.6 Å². The van der Waals surface area contributed by atoms with Gasteiger partial charge >= 0.3 is 0 Å². The number of hydrogen-bond donors (Lipinski definition) is 3. The molecule has 3 N–H and O–H groups in total. The smallest absolute Gasteiger partial charge is 0.191 e. The molecule has 1 aromatic carbocycles. The average Bonchev–Trinajstić information content (AvgIpc) is 3.07. The molecule has 4 nitrogen and oxygen atoms in total. The summed E-state index contributed by atoms with van der Waals surface area (Å²) in [6.07, 6.45) is 0. The molecule has 1 heterocycles. The van der Waals surface area contributed by atoms with Crippen LogP contribution in [0.4, 0.5) is 0 Å². The molecular weight excluding hydrogens is 445 g/mol. The van der Waals surface area contributed by atoms with Crippen molar-refractivity contribution in [3.63, 3.8) is 0 Å². The Labute approximate surface area is 171 Å². The van der Waals surface area contributed by atoms with Crippen LogP contribution in [0.15, 0.2) is 40.0 Å². The second-order valence-electron chi connectivity index (χ2n) is 6.26. The minimum atomic E-state index is -0.921. The van der Waals surface area contributed by atoms with E-state index < -0.39 is 5.60 Å². The Bertz CT molecular complexity index is 684. The Kier molecular flexibility index (Phi) is 8.88. The molecule has 0 aliphatic carbocycles. The molecule has 6 heteroatoms. The van der Waals surface area contributed by atoms with E-state index in [-0.39, 0.29) is 24.0 Å². The van der Waals surface area contributed by atoms with Gasteiger partial charge in [0.05, 0.1) is 13.1 Å². The molecule has 0 saturated carbocycles. The van der Waals surface area contributed by atoms with E-state index in [0.29, 0.717) is 19.0 Å². The van der Waals surface area contributed by atoms with E-state index >= 15 is 0 Å². The lowest BCUT2D eigenvalue weighted by molar-refractivity contribution is 0.0621. The number of hydrogen-bond acceptors (Lipinski definition) is 3. The lowest BCUT2D eigenvalue weighted by atomic mass is 9.99. The van der Waals surface area contributed by atoms with E-state index in [2.05, 4.69) is 47.7 Å². The Morgan fingerprint density at radius 3 is 2.60 bits per heavy atom. The lowest BCUT2D eigenvalue weighted by Crippen LogP contribution is -2.44. The number of rotatable bonds is 6. The van der Waals surface area contributed by atoms with Crippen molar-refractivity contribution in [3.8, 4) is 0 Å². The highest BCUT2D eigenvalue weighted by Crippen LogP contribution is 2.22. The average molecular weight is 473 g/mol. The second-order valence-corrected chi connectivity index (χ2v) is 7.04. The first-order valence-corrected chi connectivity index (χ1v) is 9.20. The van der Waals surface area contributed by atoms with Crippen molar-refractivity contribution >= 4 is 41.3 Å². The highest BCUT2D eigenvalue weighted by molar-refractivity contribution is 14.0. The zero-order chi connectivity index (χ0) is 17.6. The third-order valence-electron chi connectivity index (χ3n) is 3.99. The standard InChI is InChI=1S/C19H27N3OS.HI/c1-5-20-18(21-11-16-7-6-14(2)10-15(16)3)22-13-19(4,23)17-8-9-24-12-17;/h6-10,12,23H,5,11,13H2,1-4H3,(H2,20,21,22);1H. The summed E-state index contributed by atoms with van der Waals surface area (Å²) < 4.78 is 0. The number of aliphatic hydroxyl groups is 1. The van der Waals surface area contributed by atoms with E-state index in [4.69, 9.17) is 0 Å². The molecule has 0 bridgehead atoms. The predicted octanol–water partition coefficient (Wildman–Crippen LogP) is 3.95. The van der Waals surface area contributed by atoms with Crippen LogP contribution in [-0.4, -0.2) is 24.2 Å². The molecule has 0 spiro atoms. The molecule has 1 aromatic heterocycles. The van der Waals surface area contributed by atoms with Gasteiger partial charge in [0.25, 0.3) is 0 Å². The van der Waals surface area contributed by atoms with Crippen molar-refractivity contribution in [3.05, 3.63) is 57.3 Å². The normalized spacial score (nSPS) is 13.7. The van der Waals surface area contributed by atoms with Gasteiger partial charge in [-0.05, 0) is 61.2 Å². The molecule has 25 heavy (non-hydrogen) atoms. The van der Waals surface area contributed by atoms with Crippen molar-refractivity contribution in [2.45, 2.75) is 39.8 Å². The van der Waals surface area contributed by atoms with Gasteiger partial charge in [-0.25, -0.2) is 4.99 Å². The molecule has 138 valence electrons. The molecule has 0 aliphatic rings. The molecule has 0 saturated heterocycles. The van der Waals surface area contributed by atoms with Crippen LogP contribution in [0.5, 0.6) is 0 Å². The number of nitrogens with one attached hydrogen (secondary N) is 2. The fourth-order valence-corrected chi connectivity index (χ4v) is 3.24. The van der Waals surface area contributed by atoms with Crippen LogP contribution >= 0.6 is 35.3 Å². The third-order valence-corrected chi connectivity index (χ3v) is 4.68. The molecule has 2 rings (SSSR count). The highest BCUT2D eigenvalue weighted by atomic mass is 127. The van der Waals surface area contributed by atoms with Crippen LogP contribution in [0.1, 0.15) is 36.1 Å². The van der Waals surface area contributed by atoms with E-state index in [1.54, 1.807) is 11.3 Å². The van der Waals surface area contributed by atoms with Gasteiger partial charge in [-0.15, -0.1) is 24.0 Å². The van der Waals surface area contributed by atoms with Gasteiger partial charge in [0, 0.05) is 6.54 Å². The van der Waals surface area contributed by atoms with Crippen LogP contribution in [0.3, 0.4) is 0 Å². The number of nitrogens with zero attached hydrogens (tertiary/aromatic N) is 1. The molecule has 1 atom stereocenters. The monoisotopic (exact) mass is 473 g/mol. The van der Waals surface area contributed by atoms with Gasteiger partial charge in [-0.3, -0.25) is 0 Å². The predicted molar refractivity (Wildman–Crippen MR) is 118 cm³/mol. The van der Waals surface area contributed by atoms with Crippen molar-refractivity contribution in [1.82, 2.24) is 10.6 Å². The van der Waals surface area contributed by atoms with Crippen LogP contribution in [0.25, 0.3) is 0 Å². The number of aliphatic imine (C=N–C) groups is 1. The van der Waals surface area contributed by atoms with Crippen LogP contribution in [0.2, 0.25) is 0 Å². The summed E-state index contributed by atoms with van der Waals surface area (Å²) in [7, 11) is 0. The van der Waals surface area contributed by atoms with Gasteiger partial charge in [0.2, 0.25) is 0 Å². The molecule has 0 fully saturated rings. The molecule has 1 unspecified atom stereocenters. The summed E-state index contributed by atoms with van der Waals surface area (Å²) in [5.41, 5.74) is 3.72. The second kappa shape index (κ2) is 10.1. The maximum absolute atomic E-state index is 10.6. The highest BCUT2D eigenvalue weighted by Gasteiger charge is 2.23. The topological polar surface area (TPSA) is 56.7 Å². The summed E-state index contributed by atoms with van der Waals surface area (Å²) >= 11 is 1.59. The fourth-order valence-electron chi connectivity index (χ4n) is 2.46. The first-order valence-electron chi connectivity index (χ1n) is 8.25. The molecule has 0 radical (unpaired) electrons. The SMILES string of the molecule is CCNC(=NCc1ccc(C)cc1C)NCC(C)(O)c1ccsc1.I. The zero-order valence-corrected chi connectivity index (χ0v) is 18.4. The minimum absolute atomic E-state index is 0. The van der Waals surface area contributed by atoms with E-state index in [0.717, 1.165) is 12.1 Å². The largest absolute Gasteiger partial charge is 0.384 e. The zero-order valence-electron chi connectivity index (χ0n) is 15.3. The van der Waals surface area contributed by atoms with Gasteiger partial charge in [0.15, 0.2) is 5.96 Å².